The van der Waals surface area contributed by atoms with E-state index in [0.717, 1.165) is 5.56 Å². The Labute approximate surface area is 88.3 Å². The number of rotatable bonds is 2. The zero-order chi connectivity index (χ0) is 9.90. The van der Waals surface area contributed by atoms with Crippen molar-refractivity contribution in [2.75, 3.05) is 6.26 Å². The van der Waals surface area contributed by atoms with E-state index in [1.165, 1.54) is 11.7 Å². The van der Waals surface area contributed by atoms with Gasteiger partial charge in [-0.2, -0.15) is 0 Å². The SMILES string of the molecule is C[SH](=O)(Cl)/C=C/c1ccc(Cl)cc1. The van der Waals surface area contributed by atoms with Crippen LogP contribution in [0.4, 0.5) is 0 Å². The predicted molar refractivity (Wildman–Crippen MR) is 61.8 cm³/mol. The molecule has 0 spiro atoms. The molecule has 1 nitrogen and oxygen atoms in total. The third kappa shape index (κ3) is 4.46. The van der Waals surface area contributed by atoms with Crippen LogP contribution in [0.2, 0.25) is 5.02 Å². The molecule has 0 aliphatic heterocycles. The van der Waals surface area contributed by atoms with Crippen LogP contribution in [0, 0.1) is 0 Å². The van der Waals surface area contributed by atoms with Gasteiger partial charge in [0, 0.05) is 11.3 Å². The highest BCUT2D eigenvalue weighted by molar-refractivity contribution is 8.25. The quantitative estimate of drug-likeness (QED) is 0.617. The zero-order valence-electron chi connectivity index (χ0n) is 7.08. The lowest BCUT2D eigenvalue weighted by Gasteiger charge is -2.00. The van der Waals surface area contributed by atoms with Crippen molar-refractivity contribution in [1.82, 2.24) is 0 Å². The van der Waals surface area contributed by atoms with Crippen molar-refractivity contribution in [2.45, 2.75) is 0 Å². The van der Waals surface area contributed by atoms with Crippen LogP contribution in [0.25, 0.3) is 6.08 Å². The fraction of sp³-hybridized carbons (Fsp3) is 0.111. The monoisotopic (exact) mass is 236 g/mol. The molecule has 0 fully saturated rings. The number of benzene rings is 1. The molecular weight excluding hydrogens is 227 g/mol. The van der Waals surface area contributed by atoms with E-state index in [0.29, 0.717) is 5.02 Å². The first-order chi connectivity index (χ1) is 5.97. The van der Waals surface area contributed by atoms with Crippen molar-refractivity contribution in [1.29, 1.82) is 0 Å². The van der Waals surface area contributed by atoms with Gasteiger partial charge in [-0.25, -0.2) is 0 Å². The fourth-order valence-electron chi connectivity index (χ4n) is 0.793. The van der Waals surface area contributed by atoms with Gasteiger partial charge in [0.1, 0.15) is 0 Å². The summed E-state index contributed by atoms with van der Waals surface area (Å²) in [5.41, 5.74) is 0.937. The standard InChI is InChI=1S/C9H10Cl2OS/c1-13(11,12)7-6-8-2-4-9(10)5-3-8/h2-7,13H,1H3/b7-6+. The summed E-state index contributed by atoms with van der Waals surface area (Å²) in [6.07, 6.45) is 3.23. The lowest BCUT2D eigenvalue weighted by molar-refractivity contribution is 0.689. The highest BCUT2D eigenvalue weighted by Gasteiger charge is 1.94. The minimum atomic E-state index is -2.58. The first kappa shape index (κ1) is 10.8. The first-order valence-electron chi connectivity index (χ1n) is 3.69. The third-order valence-corrected chi connectivity index (χ3v) is 2.67. The van der Waals surface area contributed by atoms with E-state index < -0.39 is 9.15 Å². The van der Waals surface area contributed by atoms with Crippen LogP contribution < -0.4 is 0 Å². The van der Waals surface area contributed by atoms with Crippen molar-refractivity contribution >= 4 is 37.5 Å². The van der Waals surface area contributed by atoms with E-state index in [1.54, 1.807) is 18.2 Å². The highest BCUT2D eigenvalue weighted by atomic mass is 35.7. The molecule has 1 aromatic rings. The summed E-state index contributed by atoms with van der Waals surface area (Å²) < 4.78 is 11.1. The summed E-state index contributed by atoms with van der Waals surface area (Å²) >= 11 is 5.70. The van der Waals surface area contributed by atoms with Crippen molar-refractivity contribution in [3.8, 4) is 0 Å². The molecule has 1 rings (SSSR count). The lowest BCUT2D eigenvalue weighted by atomic mass is 10.2. The smallest absolute Gasteiger partial charge is 0.0406 e. The normalized spacial score (nSPS) is 13.5. The molecule has 0 saturated carbocycles. The predicted octanol–water partition coefficient (Wildman–Crippen LogP) is 3.11. The van der Waals surface area contributed by atoms with Gasteiger partial charge in [-0.3, -0.25) is 4.21 Å². The van der Waals surface area contributed by atoms with E-state index in [9.17, 15) is 4.21 Å². The summed E-state index contributed by atoms with van der Waals surface area (Å²) in [4.78, 5) is 0. The van der Waals surface area contributed by atoms with Gasteiger partial charge in [0.2, 0.25) is 0 Å². The zero-order valence-corrected chi connectivity index (χ0v) is 9.48. The van der Waals surface area contributed by atoms with Crippen molar-refractivity contribution in [3.63, 3.8) is 0 Å². The van der Waals surface area contributed by atoms with Gasteiger partial charge in [0.25, 0.3) is 0 Å². The van der Waals surface area contributed by atoms with E-state index in [4.69, 9.17) is 22.3 Å². The number of thiol groups is 1. The Kier molecular flexibility index (Phi) is 3.54. The Morgan fingerprint density at radius 2 is 1.85 bits per heavy atom. The maximum absolute atomic E-state index is 11.1. The summed E-state index contributed by atoms with van der Waals surface area (Å²) in [6, 6.07) is 7.23. The molecular formula is C9H10Cl2OS. The molecule has 0 radical (unpaired) electrons. The topological polar surface area (TPSA) is 17.1 Å². The Balaban J connectivity index is 2.81. The maximum Gasteiger partial charge on any atom is 0.0406 e. The molecule has 0 amide bonds. The molecule has 0 aliphatic rings. The van der Waals surface area contributed by atoms with Crippen molar-refractivity contribution in [2.24, 2.45) is 0 Å². The highest BCUT2D eigenvalue weighted by Crippen LogP contribution is 2.13. The van der Waals surface area contributed by atoms with Gasteiger partial charge in [0.15, 0.2) is 0 Å². The second kappa shape index (κ2) is 4.27. The summed E-state index contributed by atoms with van der Waals surface area (Å²) in [5, 5.41) is 2.19. The van der Waals surface area contributed by atoms with E-state index in [1.807, 2.05) is 12.1 Å². The molecule has 4 heteroatoms. The van der Waals surface area contributed by atoms with Crippen LogP contribution in [-0.4, -0.2) is 10.5 Å². The van der Waals surface area contributed by atoms with Gasteiger partial charge in [0.05, 0.1) is 0 Å². The van der Waals surface area contributed by atoms with Crippen LogP contribution in [0.5, 0.6) is 0 Å². The van der Waals surface area contributed by atoms with E-state index in [-0.39, 0.29) is 0 Å². The van der Waals surface area contributed by atoms with Gasteiger partial charge in [-0.05, 0) is 49.0 Å². The molecule has 0 bridgehead atoms. The van der Waals surface area contributed by atoms with Gasteiger partial charge >= 0.3 is 0 Å². The average molecular weight is 237 g/mol. The molecule has 0 heterocycles. The molecule has 0 unspecified atom stereocenters. The summed E-state index contributed by atoms with van der Waals surface area (Å²) in [6.45, 7) is 0. The molecule has 0 saturated heterocycles. The second-order valence-electron chi connectivity index (χ2n) is 2.75. The van der Waals surface area contributed by atoms with Gasteiger partial charge < -0.3 is 0 Å². The fourth-order valence-corrected chi connectivity index (χ4v) is 1.53. The molecule has 0 atom stereocenters. The second-order valence-corrected chi connectivity index (χ2v) is 7.26. The molecule has 0 aromatic heterocycles. The van der Waals surface area contributed by atoms with Crippen LogP contribution >= 0.6 is 22.3 Å². The molecule has 72 valence electrons. The Hall–Kier alpha value is -0.310. The molecule has 13 heavy (non-hydrogen) atoms. The minimum Gasteiger partial charge on any atom is -0.267 e. The van der Waals surface area contributed by atoms with E-state index in [2.05, 4.69) is 0 Å². The van der Waals surface area contributed by atoms with Crippen LogP contribution in [0.1, 0.15) is 5.56 Å². The number of hydrogen-bond donors (Lipinski definition) is 1. The maximum atomic E-state index is 11.1. The van der Waals surface area contributed by atoms with Crippen molar-refractivity contribution < 1.29 is 4.21 Å². The van der Waals surface area contributed by atoms with Crippen molar-refractivity contribution in [3.05, 3.63) is 40.3 Å². The number of hydrogen-bond acceptors (Lipinski definition) is 1. The Morgan fingerprint density at radius 1 is 1.31 bits per heavy atom. The largest absolute Gasteiger partial charge is 0.267 e. The van der Waals surface area contributed by atoms with E-state index >= 15 is 0 Å². The summed E-state index contributed by atoms with van der Waals surface area (Å²) in [7, 11) is 2.97. The molecule has 0 aliphatic carbocycles. The minimum absolute atomic E-state index is 0.683. The summed E-state index contributed by atoms with van der Waals surface area (Å²) in [5.74, 6) is 0. The Morgan fingerprint density at radius 3 is 2.31 bits per heavy atom. The first-order valence-corrected chi connectivity index (χ1v) is 7.20. The lowest BCUT2D eigenvalue weighted by Crippen LogP contribution is -1.90. The van der Waals surface area contributed by atoms with Crippen LogP contribution in [0.3, 0.4) is 0 Å². The number of halogens is 2. The average Bonchev–Trinajstić information content (AvgIpc) is 2.02. The molecule has 1 aromatic carbocycles. The van der Waals surface area contributed by atoms with Crippen LogP contribution in [-0.2, 0) is 9.15 Å². The third-order valence-electron chi connectivity index (χ3n) is 1.40. The van der Waals surface area contributed by atoms with Gasteiger partial charge in [-0.15, -0.1) is 0 Å². The van der Waals surface area contributed by atoms with Crippen LogP contribution in [0.15, 0.2) is 29.7 Å². The van der Waals surface area contributed by atoms with Gasteiger partial charge in [-0.1, -0.05) is 23.7 Å². The molecule has 0 N–H and O–H groups in total. The Bertz CT molecular complexity index is 350.